The van der Waals surface area contributed by atoms with E-state index in [2.05, 4.69) is 4.98 Å². The van der Waals surface area contributed by atoms with Gasteiger partial charge in [-0.3, -0.25) is 9.78 Å². The van der Waals surface area contributed by atoms with Crippen molar-refractivity contribution in [1.29, 1.82) is 0 Å². The second-order valence-corrected chi connectivity index (χ2v) is 10.9. The van der Waals surface area contributed by atoms with Crippen molar-refractivity contribution in [1.82, 2.24) is 9.88 Å². The molecule has 0 spiro atoms. The minimum atomic E-state index is -3.27. The van der Waals surface area contributed by atoms with Gasteiger partial charge in [-0.2, -0.15) is 0 Å². The van der Waals surface area contributed by atoms with E-state index < -0.39 is 9.84 Å². The number of fused-ring (bicyclic) bond motifs is 3. The van der Waals surface area contributed by atoms with E-state index in [4.69, 9.17) is 9.15 Å². The van der Waals surface area contributed by atoms with Gasteiger partial charge in [-0.15, -0.1) is 0 Å². The molecule has 2 aromatic heterocycles. The standard InChI is InChI=1S/C26H22N2O5S/c1-34(30,31)21-7-5-16(6-8-21)24-13-23-25(33-24)22(9-10-27-23)17-3-2-4-18(11-17)26(29)28-14-20-12-19(28)15-32-20/h2-11,13,19-20H,12,14-15H2,1H3/t19-,20-/m0/s1. The fourth-order valence-corrected chi connectivity index (χ4v) is 5.44. The van der Waals surface area contributed by atoms with E-state index >= 15 is 0 Å². The van der Waals surface area contributed by atoms with Crippen LogP contribution < -0.4 is 0 Å². The summed E-state index contributed by atoms with van der Waals surface area (Å²) in [4.78, 5) is 19.8. The molecule has 2 atom stereocenters. The van der Waals surface area contributed by atoms with E-state index in [0.29, 0.717) is 35.6 Å². The van der Waals surface area contributed by atoms with Crippen LogP contribution in [0.4, 0.5) is 0 Å². The molecule has 6 rings (SSSR count). The highest BCUT2D eigenvalue weighted by Crippen LogP contribution is 2.35. The average Bonchev–Trinajstić information content (AvgIpc) is 3.58. The van der Waals surface area contributed by atoms with E-state index in [-0.39, 0.29) is 22.9 Å². The molecule has 2 saturated heterocycles. The molecule has 7 nitrogen and oxygen atoms in total. The summed E-state index contributed by atoms with van der Waals surface area (Å²) in [7, 11) is -3.27. The van der Waals surface area contributed by atoms with Gasteiger partial charge in [0.25, 0.3) is 5.91 Å². The maximum atomic E-state index is 13.2. The number of furan rings is 1. The summed E-state index contributed by atoms with van der Waals surface area (Å²) in [5.41, 5.74) is 4.40. The third-order valence-corrected chi connectivity index (χ3v) is 7.69. The number of benzene rings is 2. The number of pyridine rings is 1. The Morgan fingerprint density at radius 2 is 1.88 bits per heavy atom. The number of rotatable bonds is 4. The molecule has 1 amide bonds. The van der Waals surface area contributed by atoms with Gasteiger partial charge in [-0.05, 0) is 54.4 Å². The highest BCUT2D eigenvalue weighted by Gasteiger charge is 2.41. The van der Waals surface area contributed by atoms with Crippen LogP contribution in [0.1, 0.15) is 16.8 Å². The minimum absolute atomic E-state index is 0.0223. The van der Waals surface area contributed by atoms with Crippen LogP contribution in [-0.4, -0.2) is 55.8 Å². The Morgan fingerprint density at radius 3 is 2.59 bits per heavy atom. The number of hydrogen-bond acceptors (Lipinski definition) is 6. The zero-order valence-corrected chi connectivity index (χ0v) is 19.3. The third-order valence-electron chi connectivity index (χ3n) is 6.56. The number of carbonyl (C=O) groups excluding carboxylic acids is 1. The van der Waals surface area contributed by atoms with Crippen molar-refractivity contribution in [2.45, 2.75) is 23.5 Å². The SMILES string of the molecule is CS(=O)(=O)c1ccc(-c2cc3nccc(-c4cccc(C(=O)N5C[C@@H]6C[C@H]5CO6)c4)c3o2)cc1. The predicted octanol–water partition coefficient (Wildman–Crippen LogP) is 4.18. The number of morpholine rings is 1. The first-order valence-corrected chi connectivity index (χ1v) is 13.0. The topological polar surface area (TPSA) is 89.7 Å². The average molecular weight is 475 g/mol. The van der Waals surface area contributed by atoms with Gasteiger partial charge in [-0.25, -0.2) is 8.42 Å². The molecule has 34 heavy (non-hydrogen) atoms. The molecule has 2 aliphatic rings. The Morgan fingerprint density at radius 1 is 1.06 bits per heavy atom. The monoisotopic (exact) mass is 474 g/mol. The normalized spacial score (nSPS) is 19.7. The Balaban J connectivity index is 1.35. The van der Waals surface area contributed by atoms with Crippen LogP contribution >= 0.6 is 0 Å². The van der Waals surface area contributed by atoms with Gasteiger partial charge in [-0.1, -0.05) is 12.1 Å². The summed E-state index contributed by atoms with van der Waals surface area (Å²) in [6.07, 6.45) is 3.97. The molecule has 0 N–H and O–H groups in total. The third kappa shape index (κ3) is 3.59. The zero-order chi connectivity index (χ0) is 23.4. The van der Waals surface area contributed by atoms with E-state index in [0.717, 1.165) is 23.1 Å². The molecule has 172 valence electrons. The second kappa shape index (κ2) is 7.78. The van der Waals surface area contributed by atoms with Crippen molar-refractivity contribution >= 4 is 26.8 Å². The lowest BCUT2D eigenvalue weighted by atomic mass is 10.0. The van der Waals surface area contributed by atoms with E-state index in [9.17, 15) is 13.2 Å². The lowest BCUT2D eigenvalue weighted by Gasteiger charge is -2.27. The van der Waals surface area contributed by atoms with Gasteiger partial charge in [0, 0.05) is 41.8 Å². The van der Waals surface area contributed by atoms with Crippen LogP contribution in [0.5, 0.6) is 0 Å². The molecule has 2 bridgehead atoms. The molecule has 2 aliphatic heterocycles. The number of likely N-dealkylation sites (tertiary alicyclic amines) is 1. The summed E-state index contributed by atoms with van der Waals surface area (Å²) in [5.74, 6) is 0.615. The van der Waals surface area contributed by atoms with Gasteiger partial charge < -0.3 is 14.1 Å². The predicted molar refractivity (Wildman–Crippen MR) is 127 cm³/mol. The van der Waals surface area contributed by atoms with Crippen molar-refractivity contribution < 1.29 is 22.4 Å². The molecular weight excluding hydrogens is 452 g/mol. The van der Waals surface area contributed by atoms with Gasteiger partial charge in [0.2, 0.25) is 0 Å². The molecule has 4 heterocycles. The minimum Gasteiger partial charge on any atom is -0.454 e. The number of amides is 1. The van der Waals surface area contributed by atoms with Gasteiger partial charge >= 0.3 is 0 Å². The van der Waals surface area contributed by atoms with Crippen LogP contribution in [0.25, 0.3) is 33.6 Å². The molecule has 8 heteroatoms. The van der Waals surface area contributed by atoms with E-state index in [1.54, 1.807) is 30.5 Å². The van der Waals surface area contributed by atoms with Crippen molar-refractivity contribution in [3.05, 3.63) is 72.4 Å². The Bertz CT molecular complexity index is 1520. The molecule has 2 aromatic carbocycles. The maximum Gasteiger partial charge on any atom is 0.254 e. The second-order valence-electron chi connectivity index (χ2n) is 8.86. The zero-order valence-electron chi connectivity index (χ0n) is 18.5. The lowest BCUT2D eigenvalue weighted by molar-refractivity contribution is 0.0259. The van der Waals surface area contributed by atoms with Crippen LogP contribution in [0.3, 0.4) is 0 Å². The highest BCUT2D eigenvalue weighted by atomic mass is 32.2. The Kier molecular flexibility index (Phi) is 4.82. The van der Waals surface area contributed by atoms with E-state index in [1.165, 1.54) is 6.26 Å². The fourth-order valence-electron chi connectivity index (χ4n) is 4.81. The van der Waals surface area contributed by atoms with Crippen LogP contribution in [-0.2, 0) is 14.6 Å². The number of sulfone groups is 1. The molecule has 0 radical (unpaired) electrons. The number of ether oxygens (including phenoxy) is 1. The molecule has 0 unspecified atom stereocenters. The summed E-state index contributed by atoms with van der Waals surface area (Å²) < 4.78 is 35.3. The quantitative estimate of drug-likeness (QED) is 0.441. The molecular formula is C26H22N2O5S. The van der Waals surface area contributed by atoms with Crippen molar-refractivity contribution in [3.8, 4) is 22.5 Å². The molecule has 2 fully saturated rings. The number of aromatic nitrogens is 1. The largest absolute Gasteiger partial charge is 0.454 e. The summed E-state index contributed by atoms with van der Waals surface area (Å²) in [5, 5.41) is 0. The first-order chi connectivity index (χ1) is 16.4. The van der Waals surface area contributed by atoms with Crippen LogP contribution in [0, 0.1) is 0 Å². The number of hydrogen-bond donors (Lipinski definition) is 0. The summed E-state index contributed by atoms with van der Waals surface area (Å²) in [6, 6.07) is 18.0. The van der Waals surface area contributed by atoms with Gasteiger partial charge in [0.15, 0.2) is 15.4 Å². The highest BCUT2D eigenvalue weighted by molar-refractivity contribution is 7.90. The van der Waals surface area contributed by atoms with Crippen LogP contribution in [0.2, 0.25) is 0 Å². The maximum absolute atomic E-state index is 13.2. The fraction of sp³-hybridized carbons (Fsp3) is 0.231. The lowest BCUT2D eigenvalue weighted by Crippen LogP contribution is -2.41. The van der Waals surface area contributed by atoms with Crippen molar-refractivity contribution in [3.63, 3.8) is 0 Å². The first-order valence-electron chi connectivity index (χ1n) is 11.1. The van der Waals surface area contributed by atoms with Gasteiger partial charge in [0.05, 0.1) is 23.6 Å². The molecule has 4 aromatic rings. The Labute approximate surface area is 196 Å². The van der Waals surface area contributed by atoms with Crippen LogP contribution in [0.15, 0.2) is 76.2 Å². The Hall–Kier alpha value is -3.49. The van der Waals surface area contributed by atoms with Crippen molar-refractivity contribution in [2.24, 2.45) is 0 Å². The molecule has 0 aliphatic carbocycles. The van der Waals surface area contributed by atoms with Crippen molar-refractivity contribution in [2.75, 3.05) is 19.4 Å². The van der Waals surface area contributed by atoms with Gasteiger partial charge in [0.1, 0.15) is 11.3 Å². The van der Waals surface area contributed by atoms with E-state index in [1.807, 2.05) is 41.3 Å². The smallest absolute Gasteiger partial charge is 0.254 e. The number of carbonyl (C=O) groups is 1. The first kappa shape index (κ1) is 21.1. The molecule has 0 saturated carbocycles. The summed E-state index contributed by atoms with van der Waals surface area (Å²) >= 11 is 0. The number of nitrogens with zero attached hydrogens (tertiary/aromatic N) is 2. The summed E-state index contributed by atoms with van der Waals surface area (Å²) in [6.45, 7) is 1.26.